The molecule has 0 radical (unpaired) electrons. The van der Waals surface area contributed by atoms with Crippen molar-refractivity contribution in [3.05, 3.63) is 89.2 Å². The molecule has 37 heavy (non-hydrogen) atoms. The first kappa shape index (κ1) is 27.9. The molecule has 3 rings (SSSR count). The van der Waals surface area contributed by atoms with Crippen molar-refractivity contribution in [2.75, 3.05) is 7.11 Å². The van der Waals surface area contributed by atoms with Gasteiger partial charge in [0.1, 0.15) is 12.4 Å². The highest BCUT2D eigenvalue weighted by Crippen LogP contribution is 2.45. The normalized spacial score (nSPS) is 13.1. The van der Waals surface area contributed by atoms with Gasteiger partial charge in [0.2, 0.25) is 0 Å². The number of aliphatic hydroxyl groups is 2. The average Bonchev–Trinajstić information content (AvgIpc) is 2.86. The molecule has 3 aromatic carbocycles. The number of carboxylic acids is 1. The summed E-state index contributed by atoms with van der Waals surface area (Å²) < 4.78 is 25.8. The quantitative estimate of drug-likeness (QED) is 0.375. The van der Waals surface area contributed by atoms with E-state index in [1.54, 1.807) is 25.3 Å². The first-order valence-corrected chi connectivity index (χ1v) is 12.1. The fourth-order valence-electron chi connectivity index (χ4n) is 4.10. The molecule has 196 valence electrons. The number of methoxy groups -OCH3 is 1. The highest BCUT2D eigenvalue weighted by molar-refractivity contribution is 5.85. The Hall–Kier alpha value is -3.68. The number of hydrogen-bond donors (Lipinski definition) is 2. The molecular weight excluding hydrogens is 475 g/mol. The molecule has 0 fully saturated rings. The molecule has 0 saturated heterocycles. The Balaban J connectivity index is 2.13. The molecule has 6 nitrogen and oxygen atoms in total. The molecular formula is C30H32FO6-. The van der Waals surface area contributed by atoms with E-state index in [1.807, 2.05) is 50.2 Å². The second-order valence-corrected chi connectivity index (χ2v) is 9.11. The Bertz CT molecular complexity index is 1200. The fourth-order valence-corrected chi connectivity index (χ4v) is 4.10. The van der Waals surface area contributed by atoms with Gasteiger partial charge in [-0.05, 0) is 46.4 Å². The zero-order valence-corrected chi connectivity index (χ0v) is 21.2. The maximum Gasteiger partial charge on any atom is 0.170 e. The predicted molar refractivity (Wildman–Crippen MR) is 139 cm³/mol. The van der Waals surface area contributed by atoms with E-state index in [9.17, 15) is 24.5 Å². The number of benzene rings is 3. The highest BCUT2D eigenvalue weighted by Gasteiger charge is 2.22. The zero-order valence-electron chi connectivity index (χ0n) is 21.2. The van der Waals surface area contributed by atoms with Gasteiger partial charge < -0.3 is 29.6 Å². The number of carbonyl (C=O) groups excluding carboxylic acids is 1. The third-order valence-corrected chi connectivity index (χ3v) is 5.92. The summed E-state index contributed by atoms with van der Waals surface area (Å²) in [5.41, 5.74) is 3.95. The molecule has 2 unspecified atom stereocenters. The number of halogens is 1. The third kappa shape index (κ3) is 7.65. The average molecular weight is 508 g/mol. The molecule has 0 aliphatic heterocycles. The molecule has 0 bridgehead atoms. The molecule has 0 amide bonds. The van der Waals surface area contributed by atoms with E-state index in [-0.39, 0.29) is 24.8 Å². The second kappa shape index (κ2) is 13.0. The van der Waals surface area contributed by atoms with Gasteiger partial charge in [0.05, 0.1) is 19.3 Å². The molecule has 3 aromatic rings. The van der Waals surface area contributed by atoms with Gasteiger partial charge >= 0.3 is 0 Å². The minimum absolute atomic E-state index is 0.0525. The lowest BCUT2D eigenvalue weighted by Crippen LogP contribution is -2.29. The first-order valence-electron chi connectivity index (χ1n) is 12.1. The van der Waals surface area contributed by atoms with Crippen molar-refractivity contribution in [1.82, 2.24) is 0 Å². The van der Waals surface area contributed by atoms with Crippen LogP contribution in [0.5, 0.6) is 11.5 Å². The SMILES string of the molecule is COc1cc(C(C)C)c(/C=C/C(O)CC(O)CC(=O)[O-])c(-c2ccc(F)cc2)c1OCc1ccccc1. The van der Waals surface area contributed by atoms with E-state index in [1.165, 1.54) is 18.2 Å². The summed E-state index contributed by atoms with van der Waals surface area (Å²) in [6, 6.07) is 17.6. The maximum atomic E-state index is 13.8. The third-order valence-electron chi connectivity index (χ3n) is 5.92. The van der Waals surface area contributed by atoms with Crippen molar-refractivity contribution in [2.24, 2.45) is 0 Å². The van der Waals surface area contributed by atoms with Crippen LogP contribution in [0.2, 0.25) is 0 Å². The van der Waals surface area contributed by atoms with Gasteiger partial charge in [0, 0.05) is 24.4 Å². The Morgan fingerprint density at radius 1 is 1.08 bits per heavy atom. The molecule has 2 atom stereocenters. The minimum atomic E-state index is -1.39. The molecule has 7 heteroatoms. The summed E-state index contributed by atoms with van der Waals surface area (Å²) in [6.45, 7) is 4.31. The van der Waals surface area contributed by atoms with E-state index in [0.29, 0.717) is 22.6 Å². The predicted octanol–water partition coefficient (Wildman–Crippen LogP) is 4.47. The summed E-state index contributed by atoms with van der Waals surface area (Å²) in [7, 11) is 1.56. The Kier molecular flexibility index (Phi) is 9.83. The molecule has 0 aromatic heterocycles. The van der Waals surface area contributed by atoms with Crippen molar-refractivity contribution in [2.45, 2.75) is 51.4 Å². The van der Waals surface area contributed by atoms with E-state index >= 15 is 0 Å². The van der Waals surface area contributed by atoms with Crippen LogP contribution in [0.4, 0.5) is 4.39 Å². The number of carbonyl (C=O) groups is 1. The van der Waals surface area contributed by atoms with E-state index < -0.39 is 24.6 Å². The van der Waals surface area contributed by atoms with Gasteiger partial charge in [-0.15, -0.1) is 0 Å². The van der Waals surface area contributed by atoms with Crippen LogP contribution in [0.25, 0.3) is 17.2 Å². The van der Waals surface area contributed by atoms with Crippen LogP contribution in [0, 0.1) is 5.82 Å². The summed E-state index contributed by atoms with van der Waals surface area (Å²) in [4.78, 5) is 10.8. The van der Waals surface area contributed by atoms with Gasteiger partial charge in [-0.1, -0.05) is 68.5 Å². The molecule has 0 saturated carbocycles. The number of aliphatic carboxylic acids is 1. The molecule has 0 spiro atoms. The largest absolute Gasteiger partial charge is 0.550 e. The van der Waals surface area contributed by atoms with Crippen LogP contribution in [-0.4, -0.2) is 35.5 Å². The Morgan fingerprint density at radius 3 is 2.35 bits per heavy atom. The molecule has 2 N–H and O–H groups in total. The lowest BCUT2D eigenvalue weighted by Gasteiger charge is -2.23. The molecule has 0 heterocycles. The van der Waals surface area contributed by atoms with Gasteiger partial charge in [-0.2, -0.15) is 0 Å². The second-order valence-electron chi connectivity index (χ2n) is 9.11. The topological polar surface area (TPSA) is 99.0 Å². The lowest BCUT2D eigenvalue weighted by molar-refractivity contribution is -0.307. The van der Waals surface area contributed by atoms with Crippen molar-refractivity contribution in [3.63, 3.8) is 0 Å². The summed E-state index contributed by atoms with van der Waals surface area (Å²) >= 11 is 0. The molecule has 0 aliphatic carbocycles. The minimum Gasteiger partial charge on any atom is -0.550 e. The van der Waals surface area contributed by atoms with E-state index in [0.717, 1.165) is 16.7 Å². The number of ether oxygens (including phenoxy) is 2. The van der Waals surface area contributed by atoms with Crippen molar-refractivity contribution in [1.29, 1.82) is 0 Å². The van der Waals surface area contributed by atoms with Crippen LogP contribution >= 0.6 is 0 Å². The highest BCUT2D eigenvalue weighted by atomic mass is 19.1. The van der Waals surface area contributed by atoms with Crippen LogP contribution < -0.4 is 14.6 Å². The van der Waals surface area contributed by atoms with E-state index in [2.05, 4.69) is 0 Å². The van der Waals surface area contributed by atoms with Crippen molar-refractivity contribution in [3.8, 4) is 22.6 Å². The number of hydrogen-bond acceptors (Lipinski definition) is 6. The van der Waals surface area contributed by atoms with Crippen LogP contribution in [0.1, 0.15) is 49.3 Å². The lowest BCUT2D eigenvalue weighted by atomic mass is 9.88. The number of carboxylic acid groups (broad SMARTS) is 1. The molecule has 0 aliphatic rings. The first-order chi connectivity index (χ1) is 17.7. The van der Waals surface area contributed by atoms with Crippen molar-refractivity contribution < 1.29 is 34.0 Å². The van der Waals surface area contributed by atoms with Crippen LogP contribution in [-0.2, 0) is 11.4 Å². The summed E-state index contributed by atoms with van der Waals surface area (Å²) in [5.74, 6) is -0.733. The van der Waals surface area contributed by atoms with Gasteiger partial charge in [0.15, 0.2) is 11.5 Å². The van der Waals surface area contributed by atoms with Crippen LogP contribution in [0.15, 0.2) is 66.7 Å². The van der Waals surface area contributed by atoms with Gasteiger partial charge in [-0.25, -0.2) is 4.39 Å². The number of rotatable bonds is 12. The van der Waals surface area contributed by atoms with Gasteiger partial charge in [0.25, 0.3) is 0 Å². The monoisotopic (exact) mass is 507 g/mol. The maximum absolute atomic E-state index is 13.8. The fraction of sp³-hybridized carbons (Fsp3) is 0.300. The summed E-state index contributed by atoms with van der Waals surface area (Å²) in [6.07, 6.45) is 0.140. The zero-order chi connectivity index (χ0) is 26.9. The Labute approximate surface area is 216 Å². The van der Waals surface area contributed by atoms with Gasteiger partial charge in [-0.3, -0.25) is 0 Å². The Morgan fingerprint density at radius 2 is 1.76 bits per heavy atom. The summed E-state index contributed by atoms with van der Waals surface area (Å²) in [5, 5.41) is 31.1. The van der Waals surface area contributed by atoms with Crippen molar-refractivity contribution >= 4 is 12.0 Å². The van der Waals surface area contributed by atoms with E-state index in [4.69, 9.17) is 9.47 Å². The van der Waals surface area contributed by atoms with Crippen LogP contribution in [0.3, 0.4) is 0 Å². The smallest absolute Gasteiger partial charge is 0.170 e. The number of aliphatic hydroxyl groups excluding tert-OH is 2. The standard InChI is InChI=1S/C30H33FO6/c1-19(2)26-17-27(36-3)30(37-18-20-7-5-4-6-8-20)29(21-9-11-22(31)12-10-21)25(26)14-13-23(32)15-24(33)16-28(34)35/h4-14,17,19,23-24,32-33H,15-16,18H2,1-3H3,(H,34,35)/p-1/b14-13+.